The fraction of sp³-hybridized carbons (Fsp3) is 0.300. The van der Waals surface area contributed by atoms with Crippen LogP contribution < -0.4 is 9.64 Å². The molecule has 0 bridgehead atoms. The summed E-state index contributed by atoms with van der Waals surface area (Å²) in [6.07, 6.45) is -0.220. The Bertz CT molecular complexity index is 913. The van der Waals surface area contributed by atoms with E-state index in [4.69, 9.17) is 14.0 Å². The molecule has 0 spiro atoms. The molecule has 0 radical (unpaired) electrons. The zero-order valence-corrected chi connectivity index (χ0v) is 15.1. The highest BCUT2D eigenvalue weighted by atomic mass is 19.1. The summed E-state index contributed by atoms with van der Waals surface area (Å²) in [4.78, 5) is 6.53. The Kier molecular flexibility index (Phi) is 4.77. The SMILES string of the molecule is COc1cccc(-c2noc(N3CC(C)OC(c4ccc(F)cc4)C3)n2)c1. The molecule has 1 aliphatic heterocycles. The molecule has 1 aliphatic rings. The van der Waals surface area contributed by atoms with Gasteiger partial charge in [0.05, 0.1) is 19.8 Å². The van der Waals surface area contributed by atoms with E-state index in [1.807, 2.05) is 36.1 Å². The van der Waals surface area contributed by atoms with Gasteiger partial charge < -0.3 is 18.9 Å². The molecule has 4 rings (SSSR count). The van der Waals surface area contributed by atoms with Gasteiger partial charge in [-0.2, -0.15) is 4.98 Å². The fourth-order valence-electron chi connectivity index (χ4n) is 3.19. The van der Waals surface area contributed by atoms with Crippen molar-refractivity contribution in [1.82, 2.24) is 10.1 Å². The van der Waals surface area contributed by atoms with Crippen LogP contribution in [0.15, 0.2) is 53.1 Å². The largest absolute Gasteiger partial charge is 0.497 e. The third-order valence-electron chi connectivity index (χ3n) is 4.52. The number of rotatable bonds is 4. The Balaban J connectivity index is 1.55. The molecule has 140 valence electrons. The summed E-state index contributed by atoms with van der Waals surface area (Å²) in [5.41, 5.74) is 1.74. The minimum absolute atomic E-state index is 0.0269. The van der Waals surface area contributed by atoms with Gasteiger partial charge in [-0.05, 0) is 36.8 Å². The number of benzene rings is 2. The average molecular weight is 369 g/mol. The average Bonchev–Trinajstić information content (AvgIpc) is 3.18. The van der Waals surface area contributed by atoms with Gasteiger partial charge in [0.1, 0.15) is 17.7 Å². The fourth-order valence-corrected chi connectivity index (χ4v) is 3.19. The van der Waals surface area contributed by atoms with Crippen molar-refractivity contribution >= 4 is 6.01 Å². The topological polar surface area (TPSA) is 60.6 Å². The summed E-state index contributed by atoms with van der Waals surface area (Å²) in [6, 6.07) is 14.3. The molecule has 2 heterocycles. The van der Waals surface area contributed by atoms with Crippen LogP contribution in [0, 0.1) is 5.82 Å². The van der Waals surface area contributed by atoms with Gasteiger partial charge in [0, 0.05) is 12.1 Å². The van der Waals surface area contributed by atoms with E-state index in [-0.39, 0.29) is 18.0 Å². The molecule has 6 nitrogen and oxygen atoms in total. The third kappa shape index (κ3) is 3.78. The Labute approximate surface area is 156 Å². The second-order valence-electron chi connectivity index (χ2n) is 6.52. The summed E-state index contributed by atoms with van der Waals surface area (Å²) in [7, 11) is 1.62. The third-order valence-corrected chi connectivity index (χ3v) is 4.52. The second-order valence-corrected chi connectivity index (χ2v) is 6.52. The van der Waals surface area contributed by atoms with Gasteiger partial charge >= 0.3 is 6.01 Å². The first-order valence-corrected chi connectivity index (χ1v) is 8.76. The van der Waals surface area contributed by atoms with E-state index in [2.05, 4.69) is 10.1 Å². The quantitative estimate of drug-likeness (QED) is 0.696. The van der Waals surface area contributed by atoms with Crippen molar-refractivity contribution in [2.24, 2.45) is 0 Å². The van der Waals surface area contributed by atoms with E-state index in [0.717, 1.165) is 16.9 Å². The maximum absolute atomic E-state index is 13.2. The first-order chi connectivity index (χ1) is 13.1. The number of anilines is 1. The Hall–Kier alpha value is -2.93. The van der Waals surface area contributed by atoms with Crippen LogP contribution in [0.25, 0.3) is 11.4 Å². The van der Waals surface area contributed by atoms with Crippen molar-refractivity contribution in [3.63, 3.8) is 0 Å². The van der Waals surface area contributed by atoms with Crippen LogP contribution in [0.5, 0.6) is 5.75 Å². The lowest BCUT2D eigenvalue weighted by molar-refractivity contribution is -0.0190. The number of ether oxygens (including phenoxy) is 2. The molecule has 1 saturated heterocycles. The summed E-state index contributed by atoms with van der Waals surface area (Å²) in [5, 5.41) is 4.10. The zero-order chi connectivity index (χ0) is 18.8. The molecule has 2 aromatic carbocycles. The van der Waals surface area contributed by atoms with Crippen LogP contribution >= 0.6 is 0 Å². The standard InChI is InChI=1S/C20H20FN3O3/c1-13-11-24(12-18(26-13)14-6-8-16(21)9-7-14)20-22-19(23-27-20)15-4-3-5-17(10-15)25-2/h3-10,13,18H,11-12H2,1-2H3. The number of halogens is 1. The lowest BCUT2D eigenvalue weighted by Crippen LogP contribution is -2.43. The summed E-state index contributed by atoms with van der Waals surface area (Å²) >= 11 is 0. The van der Waals surface area contributed by atoms with Crippen LogP contribution in [0.1, 0.15) is 18.6 Å². The summed E-state index contributed by atoms with van der Waals surface area (Å²) in [6.45, 7) is 3.18. The molecule has 2 atom stereocenters. The van der Waals surface area contributed by atoms with Gasteiger partial charge in [0.2, 0.25) is 5.82 Å². The predicted molar refractivity (Wildman–Crippen MR) is 98.2 cm³/mol. The van der Waals surface area contributed by atoms with Gasteiger partial charge in [-0.25, -0.2) is 4.39 Å². The van der Waals surface area contributed by atoms with E-state index in [0.29, 0.717) is 24.9 Å². The van der Waals surface area contributed by atoms with E-state index in [1.165, 1.54) is 12.1 Å². The van der Waals surface area contributed by atoms with Crippen molar-refractivity contribution in [1.29, 1.82) is 0 Å². The van der Waals surface area contributed by atoms with Gasteiger partial charge in [-0.3, -0.25) is 0 Å². The highest BCUT2D eigenvalue weighted by Gasteiger charge is 2.29. The molecule has 7 heteroatoms. The molecule has 27 heavy (non-hydrogen) atoms. The summed E-state index contributed by atoms with van der Waals surface area (Å²) in [5.74, 6) is 0.968. The van der Waals surface area contributed by atoms with Crippen molar-refractivity contribution in [3.8, 4) is 17.1 Å². The Morgan fingerprint density at radius 3 is 2.74 bits per heavy atom. The van der Waals surface area contributed by atoms with Gasteiger partial charge in [-0.1, -0.05) is 29.4 Å². The van der Waals surface area contributed by atoms with E-state index < -0.39 is 0 Å². The monoisotopic (exact) mass is 369 g/mol. The molecule has 0 aliphatic carbocycles. The van der Waals surface area contributed by atoms with Gasteiger partial charge in [0.25, 0.3) is 0 Å². The second kappa shape index (κ2) is 7.36. The number of aromatic nitrogens is 2. The molecule has 3 aromatic rings. The summed E-state index contributed by atoms with van der Waals surface area (Å²) < 4.78 is 29.9. The van der Waals surface area contributed by atoms with Gasteiger partial charge in [0.15, 0.2) is 0 Å². The zero-order valence-electron chi connectivity index (χ0n) is 15.1. The van der Waals surface area contributed by atoms with E-state index in [9.17, 15) is 4.39 Å². The maximum atomic E-state index is 13.2. The number of nitrogens with zero attached hydrogens (tertiary/aromatic N) is 3. The molecule has 1 fully saturated rings. The van der Waals surface area contributed by atoms with Gasteiger partial charge in [-0.15, -0.1) is 0 Å². The smallest absolute Gasteiger partial charge is 0.324 e. The van der Waals surface area contributed by atoms with Crippen molar-refractivity contribution in [3.05, 3.63) is 59.9 Å². The van der Waals surface area contributed by atoms with Crippen LogP contribution in [0.2, 0.25) is 0 Å². The van der Waals surface area contributed by atoms with Crippen LogP contribution in [-0.2, 0) is 4.74 Å². The van der Waals surface area contributed by atoms with Crippen molar-refractivity contribution < 1.29 is 18.4 Å². The number of hydrogen-bond acceptors (Lipinski definition) is 6. The normalized spacial score (nSPS) is 19.9. The highest BCUT2D eigenvalue weighted by molar-refractivity contribution is 5.58. The first kappa shape index (κ1) is 17.5. The van der Waals surface area contributed by atoms with E-state index >= 15 is 0 Å². The molecule has 1 aromatic heterocycles. The predicted octanol–water partition coefficient (Wildman–Crippen LogP) is 3.85. The minimum atomic E-state index is -0.265. The molecule has 2 unspecified atom stereocenters. The van der Waals surface area contributed by atoms with Crippen molar-refractivity contribution in [2.75, 3.05) is 25.1 Å². The molecular weight excluding hydrogens is 349 g/mol. The van der Waals surface area contributed by atoms with Crippen LogP contribution in [-0.4, -0.2) is 36.4 Å². The highest BCUT2D eigenvalue weighted by Crippen LogP contribution is 2.29. The minimum Gasteiger partial charge on any atom is -0.497 e. The van der Waals surface area contributed by atoms with Crippen LogP contribution in [0.4, 0.5) is 10.4 Å². The molecule has 0 N–H and O–H groups in total. The Morgan fingerprint density at radius 2 is 1.96 bits per heavy atom. The lowest BCUT2D eigenvalue weighted by Gasteiger charge is -2.35. The number of morpholine rings is 1. The molecule has 0 amide bonds. The maximum Gasteiger partial charge on any atom is 0.324 e. The number of methoxy groups -OCH3 is 1. The van der Waals surface area contributed by atoms with Crippen LogP contribution in [0.3, 0.4) is 0 Å². The lowest BCUT2D eigenvalue weighted by atomic mass is 10.1. The molecular formula is C20H20FN3O3. The Morgan fingerprint density at radius 1 is 1.15 bits per heavy atom. The number of hydrogen-bond donors (Lipinski definition) is 0. The van der Waals surface area contributed by atoms with E-state index in [1.54, 1.807) is 19.2 Å². The van der Waals surface area contributed by atoms with Crippen molar-refractivity contribution in [2.45, 2.75) is 19.1 Å². The molecule has 0 saturated carbocycles. The first-order valence-electron chi connectivity index (χ1n) is 8.76.